The van der Waals surface area contributed by atoms with Crippen molar-refractivity contribution in [1.29, 1.82) is 0 Å². The number of rotatable bonds is 29. The minimum atomic E-state index is -1.58. The quantitative estimate of drug-likeness (QED) is 0.0350. The Morgan fingerprint density at radius 3 is 1.62 bits per heavy atom. The van der Waals surface area contributed by atoms with E-state index >= 15 is 0 Å². The van der Waals surface area contributed by atoms with Crippen molar-refractivity contribution in [1.82, 2.24) is 5.32 Å². The third-order valence-electron chi connectivity index (χ3n) is 8.33. The summed E-state index contributed by atoms with van der Waals surface area (Å²) in [6, 6.07) is -0.831. The Kier molecular flexibility index (Phi) is 30.2. The number of carbonyl (C=O) groups excluding carboxylic acids is 1. The molecule has 0 aliphatic carbocycles. The summed E-state index contributed by atoms with van der Waals surface area (Å²) < 4.78 is 11.0. The highest BCUT2D eigenvalue weighted by atomic mass is 16.7. The van der Waals surface area contributed by atoms with E-state index in [4.69, 9.17) is 9.47 Å². The van der Waals surface area contributed by atoms with Crippen LogP contribution in [0.25, 0.3) is 0 Å². The van der Waals surface area contributed by atoms with E-state index in [1.165, 1.54) is 0 Å². The molecule has 6 N–H and O–H groups in total. The fourth-order valence-electron chi connectivity index (χ4n) is 5.17. The van der Waals surface area contributed by atoms with Gasteiger partial charge in [-0.2, -0.15) is 0 Å². The van der Waals surface area contributed by atoms with Crippen molar-refractivity contribution in [2.45, 2.75) is 147 Å². The van der Waals surface area contributed by atoms with Gasteiger partial charge < -0.3 is 40.3 Å². The molecule has 0 bridgehead atoms. The van der Waals surface area contributed by atoms with Gasteiger partial charge in [0.15, 0.2) is 6.29 Å². The van der Waals surface area contributed by atoms with E-state index in [-0.39, 0.29) is 18.9 Å². The molecular formula is C44H69NO8. The second-order valence-corrected chi connectivity index (χ2v) is 13.0. The summed E-state index contributed by atoms with van der Waals surface area (Å²) in [7, 11) is 0. The van der Waals surface area contributed by atoms with Crippen LogP contribution in [0, 0.1) is 0 Å². The van der Waals surface area contributed by atoms with Gasteiger partial charge in [0.05, 0.1) is 25.4 Å². The largest absolute Gasteiger partial charge is 0.394 e. The summed E-state index contributed by atoms with van der Waals surface area (Å²) in [5.41, 5.74) is 0. The Morgan fingerprint density at radius 1 is 0.660 bits per heavy atom. The molecule has 7 atom stereocenters. The Bertz CT molecular complexity index is 1180. The van der Waals surface area contributed by atoms with Crippen LogP contribution in [0.5, 0.6) is 0 Å². The molecule has 1 fully saturated rings. The zero-order chi connectivity index (χ0) is 38.8. The number of aliphatic hydroxyl groups is 5. The van der Waals surface area contributed by atoms with Crippen molar-refractivity contribution in [2.75, 3.05) is 13.2 Å². The maximum absolute atomic E-state index is 12.7. The third kappa shape index (κ3) is 24.7. The highest BCUT2D eigenvalue weighted by Crippen LogP contribution is 2.22. The maximum Gasteiger partial charge on any atom is 0.220 e. The second kappa shape index (κ2) is 33.4. The number of nitrogens with one attached hydrogen (secondary N) is 1. The van der Waals surface area contributed by atoms with Crippen LogP contribution in [0.3, 0.4) is 0 Å². The van der Waals surface area contributed by atoms with Crippen molar-refractivity contribution in [3.05, 3.63) is 109 Å². The first kappa shape index (κ1) is 47.9. The van der Waals surface area contributed by atoms with Gasteiger partial charge in [0, 0.05) is 6.42 Å². The van der Waals surface area contributed by atoms with Gasteiger partial charge >= 0.3 is 0 Å². The summed E-state index contributed by atoms with van der Waals surface area (Å²) >= 11 is 0. The molecule has 0 saturated carbocycles. The summed E-state index contributed by atoms with van der Waals surface area (Å²) in [4.78, 5) is 12.7. The summed E-state index contributed by atoms with van der Waals surface area (Å²) in [6.45, 7) is 3.36. The standard InChI is InChI=1S/C44H69NO8/c1-3-5-7-8-9-10-11-12-13-14-15-16-17-18-19-20-21-22-23-24-25-26-27-28-29-30-32-34-40(48)45-37(38(47)33-31-6-4-2)36-52-44-43(51)42(50)41(49)39(35-46)53-44/h5,7,9-10,12-13,15-16,18-19,21-22,24-25,27-28,31,33,37-39,41-44,46-47,49-51H,3-4,6,8,11,14,17,20,23,26,29-30,32,34-36H2,1-2H3,(H,45,48)/b7-5-,10-9-,13-12-,16-15-,19-18-,22-21-,25-24-,28-27-,33-31+. The third-order valence-corrected chi connectivity index (χ3v) is 8.33. The number of hydrogen-bond donors (Lipinski definition) is 6. The number of allylic oxidation sites excluding steroid dienone is 17. The maximum atomic E-state index is 12.7. The topological polar surface area (TPSA) is 149 Å². The Hall–Kier alpha value is -3.15. The molecule has 9 nitrogen and oxygen atoms in total. The first-order valence-electron chi connectivity index (χ1n) is 19.6. The van der Waals surface area contributed by atoms with Gasteiger partial charge in [-0.15, -0.1) is 0 Å². The first-order chi connectivity index (χ1) is 25.8. The van der Waals surface area contributed by atoms with Crippen molar-refractivity contribution in [2.24, 2.45) is 0 Å². The lowest BCUT2D eigenvalue weighted by Crippen LogP contribution is -2.60. The number of hydrogen-bond acceptors (Lipinski definition) is 8. The fourth-order valence-corrected chi connectivity index (χ4v) is 5.17. The van der Waals surface area contributed by atoms with Crippen molar-refractivity contribution >= 4 is 5.91 Å². The molecule has 1 aliphatic heterocycles. The molecule has 1 heterocycles. The van der Waals surface area contributed by atoms with Gasteiger partial charge in [-0.25, -0.2) is 0 Å². The van der Waals surface area contributed by atoms with Crippen LogP contribution in [0.2, 0.25) is 0 Å². The fraction of sp³-hybridized carbons (Fsp3) is 0.568. The molecule has 1 aliphatic rings. The molecular weight excluding hydrogens is 670 g/mol. The summed E-state index contributed by atoms with van der Waals surface area (Å²) in [6.07, 6.45) is 42.3. The molecule has 0 spiro atoms. The van der Waals surface area contributed by atoms with Crippen LogP contribution in [-0.2, 0) is 14.3 Å². The molecule has 0 radical (unpaired) electrons. The zero-order valence-electron chi connectivity index (χ0n) is 32.2. The van der Waals surface area contributed by atoms with E-state index in [0.717, 1.165) is 77.0 Å². The van der Waals surface area contributed by atoms with E-state index < -0.39 is 49.5 Å². The van der Waals surface area contributed by atoms with Crippen LogP contribution < -0.4 is 5.32 Å². The average Bonchev–Trinajstić information content (AvgIpc) is 3.15. The molecule has 7 unspecified atom stereocenters. The lowest BCUT2D eigenvalue weighted by atomic mass is 9.99. The molecule has 0 aromatic carbocycles. The molecule has 0 aromatic heterocycles. The van der Waals surface area contributed by atoms with Crippen molar-refractivity contribution < 1.29 is 39.8 Å². The van der Waals surface area contributed by atoms with Gasteiger partial charge in [0.25, 0.3) is 0 Å². The van der Waals surface area contributed by atoms with E-state index in [1.54, 1.807) is 6.08 Å². The minimum Gasteiger partial charge on any atom is -0.394 e. The van der Waals surface area contributed by atoms with E-state index in [2.05, 4.69) is 109 Å². The molecule has 9 heteroatoms. The number of aliphatic hydroxyl groups excluding tert-OH is 5. The van der Waals surface area contributed by atoms with Gasteiger partial charge in [0.2, 0.25) is 5.91 Å². The van der Waals surface area contributed by atoms with Crippen LogP contribution in [-0.4, -0.2) is 87.5 Å². The molecule has 1 rings (SSSR count). The summed E-state index contributed by atoms with van der Waals surface area (Å²) in [5, 5.41) is 53.2. The average molecular weight is 740 g/mol. The highest BCUT2D eigenvalue weighted by Gasteiger charge is 2.44. The number of ether oxygens (including phenoxy) is 2. The lowest BCUT2D eigenvalue weighted by molar-refractivity contribution is -0.302. The Labute approximate surface area is 319 Å². The van der Waals surface area contributed by atoms with E-state index in [0.29, 0.717) is 6.42 Å². The zero-order valence-corrected chi connectivity index (χ0v) is 32.2. The molecule has 1 amide bonds. The smallest absolute Gasteiger partial charge is 0.220 e. The molecule has 298 valence electrons. The van der Waals surface area contributed by atoms with Crippen LogP contribution in [0.1, 0.15) is 104 Å². The van der Waals surface area contributed by atoms with Gasteiger partial charge in [-0.3, -0.25) is 4.79 Å². The van der Waals surface area contributed by atoms with Crippen LogP contribution in [0.4, 0.5) is 0 Å². The van der Waals surface area contributed by atoms with E-state index in [1.807, 2.05) is 13.0 Å². The lowest BCUT2D eigenvalue weighted by Gasteiger charge is -2.40. The highest BCUT2D eigenvalue weighted by molar-refractivity contribution is 5.76. The predicted octanol–water partition coefficient (Wildman–Crippen LogP) is 7.16. The van der Waals surface area contributed by atoms with Gasteiger partial charge in [-0.05, 0) is 77.0 Å². The normalized spacial score (nSPS) is 22.9. The monoisotopic (exact) mass is 740 g/mol. The minimum absolute atomic E-state index is 0.220. The van der Waals surface area contributed by atoms with Crippen molar-refractivity contribution in [3.63, 3.8) is 0 Å². The van der Waals surface area contributed by atoms with Crippen molar-refractivity contribution in [3.8, 4) is 0 Å². The van der Waals surface area contributed by atoms with E-state index in [9.17, 15) is 30.3 Å². The van der Waals surface area contributed by atoms with Crippen LogP contribution in [0.15, 0.2) is 109 Å². The Morgan fingerprint density at radius 2 is 1.15 bits per heavy atom. The van der Waals surface area contributed by atoms with Gasteiger partial charge in [-0.1, -0.05) is 130 Å². The SMILES string of the molecule is CC/C=C\C/C=C\C/C=C\C/C=C\C/C=C\C/C=C\C/C=C\C/C=C\CCCCC(=O)NC(COC1OC(CO)C(O)C(O)C1O)C(O)/C=C/CCC. The van der Waals surface area contributed by atoms with Crippen LogP contribution >= 0.6 is 0 Å². The predicted molar refractivity (Wildman–Crippen MR) is 216 cm³/mol. The molecule has 1 saturated heterocycles. The number of carbonyl (C=O) groups is 1. The second-order valence-electron chi connectivity index (χ2n) is 13.0. The summed E-state index contributed by atoms with van der Waals surface area (Å²) in [5.74, 6) is -0.239. The molecule has 0 aromatic rings. The molecule has 53 heavy (non-hydrogen) atoms. The Balaban J connectivity index is 2.23. The first-order valence-corrected chi connectivity index (χ1v) is 19.6. The number of unbranched alkanes of at least 4 members (excludes halogenated alkanes) is 3. The van der Waals surface area contributed by atoms with Gasteiger partial charge in [0.1, 0.15) is 24.4 Å². The number of amides is 1.